The number of aliphatic hydroxyl groups is 1. The van der Waals surface area contributed by atoms with Crippen molar-refractivity contribution in [2.75, 3.05) is 7.11 Å². The number of ketones is 1. The smallest absolute Gasteiger partial charge is 0.290 e. The third kappa shape index (κ3) is 3.36. The van der Waals surface area contributed by atoms with E-state index >= 15 is 0 Å². The highest BCUT2D eigenvalue weighted by atomic mass is 32.1. The lowest BCUT2D eigenvalue weighted by Gasteiger charge is -2.26. The summed E-state index contributed by atoms with van der Waals surface area (Å²) in [6.45, 7) is 0.272. The number of fused-ring (bicyclic) bond motifs is 1. The molecule has 32 heavy (non-hydrogen) atoms. The number of nitrogens with zero attached hydrogens (tertiary/aromatic N) is 1. The van der Waals surface area contributed by atoms with E-state index < -0.39 is 23.5 Å². The quantitative estimate of drug-likeness (QED) is 0.409. The van der Waals surface area contributed by atoms with E-state index in [-0.39, 0.29) is 17.9 Å². The maximum atomic E-state index is 13.5. The van der Waals surface area contributed by atoms with E-state index in [0.29, 0.717) is 16.9 Å². The number of aliphatic hydroxyl groups excluding tert-OH is 1. The Morgan fingerprint density at radius 3 is 2.59 bits per heavy atom. The van der Waals surface area contributed by atoms with Crippen LogP contribution in [0.15, 0.2) is 87.9 Å². The maximum absolute atomic E-state index is 13.5. The van der Waals surface area contributed by atoms with Gasteiger partial charge in [0.25, 0.3) is 5.91 Å². The maximum Gasteiger partial charge on any atom is 0.290 e. The van der Waals surface area contributed by atoms with Crippen molar-refractivity contribution in [1.29, 1.82) is 0 Å². The van der Waals surface area contributed by atoms with Crippen LogP contribution in [-0.2, 0) is 11.3 Å². The Morgan fingerprint density at radius 2 is 1.91 bits per heavy atom. The highest BCUT2D eigenvalue weighted by molar-refractivity contribution is 7.09. The second-order valence-corrected chi connectivity index (χ2v) is 8.46. The van der Waals surface area contributed by atoms with Crippen LogP contribution in [0, 0.1) is 0 Å². The van der Waals surface area contributed by atoms with Crippen LogP contribution in [0.4, 0.5) is 0 Å². The monoisotopic (exact) mass is 445 g/mol. The molecule has 0 saturated heterocycles. The molecule has 160 valence electrons. The second-order valence-electron chi connectivity index (χ2n) is 7.43. The summed E-state index contributed by atoms with van der Waals surface area (Å²) >= 11 is 1.51. The first-order valence-electron chi connectivity index (χ1n) is 10.0. The minimum absolute atomic E-state index is 0.00998. The topological polar surface area (TPSA) is 80.0 Å². The van der Waals surface area contributed by atoms with Crippen molar-refractivity contribution in [2.24, 2.45) is 0 Å². The first-order chi connectivity index (χ1) is 15.6. The summed E-state index contributed by atoms with van der Waals surface area (Å²) < 4.78 is 11.0. The minimum Gasteiger partial charge on any atom is -0.503 e. The third-order valence-corrected chi connectivity index (χ3v) is 6.40. The van der Waals surface area contributed by atoms with E-state index in [1.807, 2.05) is 35.7 Å². The number of hydrogen-bond donors (Lipinski definition) is 1. The standard InChI is InChI=1S/C25H19NO5S/c1-30-17-10-8-15(9-11-17)22-21(23(27)20-13-16-5-2-3-7-19(16)31-20)24(28)25(29)26(22)14-18-6-4-12-32-18/h2-13,22,28H,14H2,1H3. The number of thiophene rings is 1. The van der Waals surface area contributed by atoms with E-state index in [0.717, 1.165) is 10.3 Å². The van der Waals surface area contributed by atoms with Gasteiger partial charge < -0.3 is 19.2 Å². The van der Waals surface area contributed by atoms with Gasteiger partial charge in [-0.25, -0.2) is 0 Å². The average Bonchev–Trinajstić information content (AvgIpc) is 3.54. The molecule has 1 atom stereocenters. The van der Waals surface area contributed by atoms with Gasteiger partial charge in [-0.2, -0.15) is 0 Å². The first-order valence-corrected chi connectivity index (χ1v) is 10.9. The van der Waals surface area contributed by atoms with Gasteiger partial charge >= 0.3 is 0 Å². The summed E-state index contributed by atoms with van der Waals surface area (Å²) in [6, 6.07) is 19.1. The Morgan fingerprint density at radius 1 is 1.12 bits per heavy atom. The van der Waals surface area contributed by atoms with E-state index in [1.54, 1.807) is 43.5 Å². The number of hydrogen-bond acceptors (Lipinski definition) is 6. The molecular formula is C25H19NO5S. The summed E-state index contributed by atoms with van der Waals surface area (Å²) in [6.07, 6.45) is 0. The molecular weight excluding hydrogens is 426 g/mol. The highest BCUT2D eigenvalue weighted by Crippen LogP contribution is 2.41. The number of Topliss-reactive ketones (excluding diaryl/α,β-unsaturated/α-hetero) is 1. The molecule has 3 heterocycles. The molecule has 1 amide bonds. The van der Waals surface area contributed by atoms with Crippen LogP contribution in [0.5, 0.6) is 5.75 Å². The summed E-state index contributed by atoms with van der Waals surface area (Å²) in [4.78, 5) is 29.0. The van der Waals surface area contributed by atoms with E-state index in [9.17, 15) is 14.7 Å². The van der Waals surface area contributed by atoms with Gasteiger partial charge in [0.1, 0.15) is 11.3 Å². The van der Waals surface area contributed by atoms with E-state index in [4.69, 9.17) is 9.15 Å². The van der Waals surface area contributed by atoms with Crippen LogP contribution in [-0.4, -0.2) is 28.8 Å². The van der Waals surface area contributed by atoms with Gasteiger partial charge in [-0.3, -0.25) is 9.59 Å². The van der Waals surface area contributed by atoms with Crippen molar-refractivity contribution in [3.8, 4) is 5.75 Å². The number of carbonyl (C=O) groups excluding carboxylic acids is 2. The Hall–Kier alpha value is -3.84. The fourth-order valence-electron chi connectivity index (χ4n) is 3.98. The van der Waals surface area contributed by atoms with Crippen molar-refractivity contribution >= 4 is 34.0 Å². The number of benzene rings is 2. The molecule has 6 nitrogen and oxygen atoms in total. The summed E-state index contributed by atoms with van der Waals surface area (Å²) in [5.74, 6) is -0.911. The number of rotatable bonds is 6. The molecule has 2 aromatic heterocycles. The Kier molecular flexibility index (Phi) is 5.03. The predicted octanol–water partition coefficient (Wildman–Crippen LogP) is 5.28. The molecule has 0 fully saturated rings. The number of carbonyl (C=O) groups is 2. The zero-order valence-electron chi connectivity index (χ0n) is 17.1. The number of methoxy groups -OCH3 is 1. The third-order valence-electron chi connectivity index (χ3n) is 5.54. The lowest BCUT2D eigenvalue weighted by atomic mass is 9.95. The number of furan rings is 1. The molecule has 5 rings (SSSR count). The largest absolute Gasteiger partial charge is 0.503 e. The second kappa shape index (κ2) is 8.01. The van der Waals surface area contributed by atoms with Gasteiger partial charge in [-0.05, 0) is 41.3 Å². The number of amides is 1. The minimum atomic E-state index is -0.754. The fourth-order valence-corrected chi connectivity index (χ4v) is 4.68. The van der Waals surface area contributed by atoms with Crippen LogP contribution in [0.2, 0.25) is 0 Å². The zero-order valence-corrected chi connectivity index (χ0v) is 18.0. The zero-order chi connectivity index (χ0) is 22.2. The molecule has 4 aromatic rings. The molecule has 0 saturated carbocycles. The molecule has 0 bridgehead atoms. The highest BCUT2D eigenvalue weighted by Gasteiger charge is 2.44. The molecule has 1 N–H and O–H groups in total. The predicted molar refractivity (Wildman–Crippen MR) is 121 cm³/mol. The Balaban J connectivity index is 1.60. The van der Waals surface area contributed by atoms with Crippen molar-refractivity contribution < 1.29 is 23.8 Å². The van der Waals surface area contributed by atoms with E-state index in [1.165, 1.54) is 16.2 Å². The Labute approximate surface area is 188 Å². The lowest BCUT2D eigenvalue weighted by molar-refractivity contribution is -0.130. The van der Waals surface area contributed by atoms with Crippen molar-refractivity contribution in [2.45, 2.75) is 12.6 Å². The van der Waals surface area contributed by atoms with Gasteiger partial charge in [0.05, 0.1) is 25.3 Å². The normalized spacial score (nSPS) is 16.2. The molecule has 0 aliphatic carbocycles. The lowest BCUT2D eigenvalue weighted by Crippen LogP contribution is -2.30. The van der Waals surface area contributed by atoms with Crippen molar-refractivity contribution in [1.82, 2.24) is 4.90 Å². The van der Waals surface area contributed by atoms with Gasteiger partial charge in [-0.15, -0.1) is 11.3 Å². The molecule has 1 unspecified atom stereocenters. The van der Waals surface area contributed by atoms with Crippen LogP contribution in [0.1, 0.15) is 27.0 Å². The molecule has 7 heteroatoms. The summed E-state index contributed by atoms with van der Waals surface area (Å²) in [5.41, 5.74) is 1.27. The van der Waals surface area contributed by atoms with Gasteiger partial charge in [-0.1, -0.05) is 36.4 Å². The summed E-state index contributed by atoms with van der Waals surface area (Å²) in [7, 11) is 1.57. The van der Waals surface area contributed by atoms with Crippen LogP contribution in [0.25, 0.3) is 11.0 Å². The molecule has 2 aromatic carbocycles. The summed E-state index contributed by atoms with van der Waals surface area (Å²) in [5, 5.41) is 13.5. The van der Waals surface area contributed by atoms with Crippen LogP contribution >= 0.6 is 11.3 Å². The molecule has 0 radical (unpaired) electrons. The van der Waals surface area contributed by atoms with Gasteiger partial charge in [0.15, 0.2) is 11.5 Å². The van der Waals surface area contributed by atoms with Crippen molar-refractivity contribution in [3.63, 3.8) is 0 Å². The number of para-hydroxylation sites is 1. The molecule has 0 spiro atoms. The molecule has 1 aliphatic heterocycles. The first kappa shape index (κ1) is 20.1. The average molecular weight is 445 g/mol. The van der Waals surface area contributed by atoms with Gasteiger partial charge in [0.2, 0.25) is 5.78 Å². The number of ether oxygens (including phenoxy) is 1. The van der Waals surface area contributed by atoms with Crippen molar-refractivity contribution in [3.05, 3.63) is 99.6 Å². The fraction of sp³-hybridized carbons (Fsp3) is 0.120. The SMILES string of the molecule is COc1ccc(C2C(C(=O)c3cc4ccccc4o3)=C(O)C(=O)N2Cc2cccs2)cc1. The van der Waals surface area contributed by atoms with E-state index in [2.05, 4.69) is 0 Å². The van der Waals surface area contributed by atoms with Gasteiger partial charge in [0, 0.05) is 10.3 Å². The molecule has 1 aliphatic rings. The van der Waals surface area contributed by atoms with Crippen LogP contribution in [0.3, 0.4) is 0 Å². The van der Waals surface area contributed by atoms with Crippen LogP contribution < -0.4 is 4.74 Å². The Bertz CT molecular complexity index is 1300.